The van der Waals surface area contributed by atoms with Crippen molar-refractivity contribution >= 4 is 11.6 Å². The van der Waals surface area contributed by atoms with E-state index in [0.717, 1.165) is 5.69 Å². The number of hydrogen-bond donors (Lipinski definition) is 1. The summed E-state index contributed by atoms with van der Waals surface area (Å²) in [7, 11) is 1.61. The number of ether oxygens (including phenoxy) is 1. The molecule has 0 saturated heterocycles. The van der Waals surface area contributed by atoms with Crippen LogP contribution >= 0.6 is 0 Å². The third-order valence-corrected chi connectivity index (χ3v) is 2.54. The average Bonchev–Trinajstić information content (AvgIpc) is 2.29. The summed E-state index contributed by atoms with van der Waals surface area (Å²) in [6.07, 6.45) is 1.53. The summed E-state index contributed by atoms with van der Waals surface area (Å²) in [5.74, 6) is -0.102. The highest BCUT2D eigenvalue weighted by atomic mass is 16.5. The number of rotatable bonds is 5. The van der Waals surface area contributed by atoms with Gasteiger partial charge in [0, 0.05) is 37.8 Å². The van der Waals surface area contributed by atoms with Crippen molar-refractivity contribution in [2.45, 2.75) is 13.8 Å². The molecule has 17 heavy (non-hydrogen) atoms. The quantitative estimate of drug-likeness (QED) is 0.832. The minimum atomic E-state index is -0.102. The summed E-state index contributed by atoms with van der Waals surface area (Å²) in [5, 5.41) is 0. The highest BCUT2D eigenvalue weighted by Gasteiger charge is 2.16. The molecule has 0 saturated carbocycles. The van der Waals surface area contributed by atoms with Crippen LogP contribution in [0.4, 0.5) is 5.69 Å². The number of nitrogens with zero attached hydrogens (tertiary/aromatic N) is 2. The first-order valence-corrected chi connectivity index (χ1v) is 5.60. The van der Waals surface area contributed by atoms with Gasteiger partial charge >= 0.3 is 0 Å². The van der Waals surface area contributed by atoms with Crippen molar-refractivity contribution in [3.8, 4) is 0 Å². The van der Waals surface area contributed by atoms with Crippen LogP contribution in [0.5, 0.6) is 0 Å². The Hall–Kier alpha value is -1.62. The van der Waals surface area contributed by atoms with E-state index in [2.05, 4.69) is 4.98 Å². The molecule has 0 aliphatic heterocycles. The van der Waals surface area contributed by atoms with Crippen LogP contribution in [-0.4, -0.2) is 42.6 Å². The molecule has 94 valence electrons. The van der Waals surface area contributed by atoms with Gasteiger partial charge in [-0.3, -0.25) is 9.78 Å². The molecule has 0 fully saturated rings. The number of methoxy groups -OCH3 is 1. The standard InChI is InChI=1S/C12H19N3O2/c1-4-15(5-6-17-3)12(16)10-8-14-9(2)7-11(10)13/h7-8H,4-6H2,1-3H3,(H2,13,14). The third-order valence-electron chi connectivity index (χ3n) is 2.54. The first-order chi connectivity index (χ1) is 8.10. The number of nitrogens with two attached hydrogens (primary N) is 1. The molecule has 1 aromatic heterocycles. The molecule has 0 bridgehead atoms. The number of nitrogen functional groups attached to an aromatic ring is 1. The second-order valence-electron chi connectivity index (χ2n) is 3.79. The van der Waals surface area contributed by atoms with E-state index in [1.165, 1.54) is 6.20 Å². The van der Waals surface area contributed by atoms with Crippen molar-refractivity contribution in [1.29, 1.82) is 0 Å². The number of likely N-dealkylation sites (N-methyl/N-ethyl adjacent to an activating group) is 1. The van der Waals surface area contributed by atoms with Crippen LogP contribution in [-0.2, 0) is 4.74 Å². The van der Waals surface area contributed by atoms with Gasteiger partial charge in [-0.15, -0.1) is 0 Å². The fourth-order valence-corrected chi connectivity index (χ4v) is 1.53. The lowest BCUT2D eigenvalue weighted by atomic mass is 10.2. The maximum atomic E-state index is 12.2. The zero-order chi connectivity index (χ0) is 12.8. The van der Waals surface area contributed by atoms with Gasteiger partial charge in [0.2, 0.25) is 0 Å². The molecule has 0 aliphatic rings. The zero-order valence-corrected chi connectivity index (χ0v) is 10.6. The van der Waals surface area contributed by atoms with E-state index in [9.17, 15) is 4.79 Å². The fourth-order valence-electron chi connectivity index (χ4n) is 1.53. The first kappa shape index (κ1) is 13.4. The Bertz CT molecular complexity index is 393. The molecular weight excluding hydrogens is 218 g/mol. The number of pyridine rings is 1. The summed E-state index contributed by atoms with van der Waals surface area (Å²) < 4.78 is 4.97. The Labute approximate surface area is 102 Å². The van der Waals surface area contributed by atoms with Gasteiger partial charge < -0.3 is 15.4 Å². The van der Waals surface area contributed by atoms with Crippen LogP contribution in [0.1, 0.15) is 23.0 Å². The van der Waals surface area contributed by atoms with E-state index in [0.29, 0.717) is 30.9 Å². The van der Waals surface area contributed by atoms with Gasteiger partial charge in [0.05, 0.1) is 12.2 Å². The molecule has 1 heterocycles. The maximum Gasteiger partial charge on any atom is 0.257 e. The molecule has 5 nitrogen and oxygen atoms in total. The van der Waals surface area contributed by atoms with Gasteiger partial charge in [-0.1, -0.05) is 0 Å². The van der Waals surface area contributed by atoms with Gasteiger partial charge in [-0.05, 0) is 19.9 Å². The van der Waals surface area contributed by atoms with Crippen molar-refractivity contribution in [2.24, 2.45) is 0 Å². The van der Waals surface area contributed by atoms with Crippen LogP contribution in [0.25, 0.3) is 0 Å². The predicted octanol–water partition coefficient (Wildman–Crippen LogP) is 1.08. The Morgan fingerprint density at radius 3 is 2.82 bits per heavy atom. The number of carbonyl (C=O) groups excluding carboxylic acids is 1. The fraction of sp³-hybridized carbons (Fsp3) is 0.500. The highest BCUT2D eigenvalue weighted by Crippen LogP contribution is 2.13. The van der Waals surface area contributed by atoms with Gasteiger partial charge in [-0.2, -0.15) is 0 Å². The lowest BCUT2D eigenvalue weighted by Crippen LogP contribution is -2.34. The number of aromatic nitrogens is 1. The molecule has 0 spiro atoms. The summed E-state index contributed by atoms with van der Waals surface area (Å²) in [6.45, 7) is 5.45. The van der Waals surface area contributed by atoms with Gasteiger partial charge in [0.1, 0.15) is 0 Å². The smallest absolute Gasteiger partial charge is 0.257 e. The predicted molar refractivity (Wildman–Crippen MR) is 66.8 cm³/mol. The van der Waals surface area contributed by atoms with Gasteiger partial charge in [-0.25, -0.2) is 0 Å². The average molecular weight is 237 g/mol. The number of carbonyl (C=O) groups is 1. The zero-order valence-electron chi connectivity index (χ0n) is 10.6. The van der Waals surface area contributed by atoms with Crippen LogP contribution in [0.15, 0.2) is 12.3 Å². The summed E-state index contributed by atoms with van der Waals surface area (Å²) in [4.78, 5) is 18.0. The van der Waals surface area contributed by atoms with Gasteiger partial charge in [0.15, 0.2) is 0 Å². The minimum absolute atomic E-state index is 0.102. The van der Waals surface area contributed by atoms with Crippen molar-refractivity contribution in [1.82, 2.24) is 9.88 Å². The lowest BCUT2D eigenvalue weighted by molar-refractivity contribution is 0.0707. The number of anilines is 1. The van der Waals surface area contributed by atoms with E-state index >= 15 is 0 Å². The van der Waals surface area contributed by atoms with E-state index in [-0.39, 0.29) is 5.91 Å². The Morgan fingerprint density at radius 1 is 1.59 bits per heavy atom. The van der Waals surface area contributed by atoms with E-state index in [1.54, 1.807) is 18.1 Å². The first-order valence-electron chi connectivity index (χ1n) is 5.60. The van der Waals surface area contributed by atoms with E-state index in [4.69, 9.17) is 10.5 Å². The number of aryl methyl sites for hydroxylation is 1. The summed E-state index contributed by atoms with van der Waals surface area (Å²) >= 11 is 0. The third kappa shape index (κ3) is 3.42. The minimum Gasteiger partial charge on any atom is -0.398 e. The lowest BCUT2D eigenvalue weighted by Gasteiger charge is -2.21. The van der Waals surface area contributed by atoms with Crippen molar-refractivity contribution in [3.05, 3.63) is 23.5 Å². The number of amides is 1. The van der Waals surface area contributed by atoms with Crippen molar-refractivity contribution < 1.29 is 9.53 Å². The maximum absolute atomic E-state index is 12.2. The molecule has 0 aromatic carbocycles. The second kappa shape index (κ2) is 6.20. The highest BCUT2D eigenvalue weighted by molar-refractivity contribution is 5.98. The SMILES string of the molecule is CCN(CCOC)C(=O)c1cnc(C)cc1N. The Kier molecular flexibility index (Phi) is 4.90. The Balaban J connectivity index is 2.86. The van der Waals surface area contributed by atoms with E-state index < -0.39 is 0 Å². The monoisotopic (exact) mass is 237 g/mol. The molecule has 1 rings (SSSR count). The molecule has 1 amide bonds. The topological polar surface area (TPSA) is 68.5 Å². The summed E-state index contributed by atoms with van der Waals surface area (Å²) in [6, 6.07) is 1.71. The number of hydrogen-bond acceptors (Lipinski definition) is 4. The van der Waals surface area contributed by atoms with Gasteiger partial charge in [0.25, 0.3) is 5.91 Å². The largest absolute Gasteiger partial charge is 0.398 e. The molecular formula is C12H19N3O2. The van der Waals surface area contributed by atoms with E-state index in [1.807, 2.05) is 13.8 Å². The van der Waals surface area contributed by atoms with Crippen LogP contribution in [0, 0.1) is 6.92 Å². The Morgan fingerprint density at radius 2 is 2.29 bits per heavy atom. The van der Waals surface area contributed by atoms with Crippen LogP contribution in [0.3, 0.4) is 0 Å². The van der Waals surface area contributed by atoms with Crippen LogP contribution in [0.2, 0.25) is 0 Å². The van der Waals surface area contributed by atoms with Crippen LogP contribution < -0.4 is 5.73 Å². The molecule has 5 heteroatoms. The second-order valence-corrected chi connectivity index (χ2v) is 3.79. The van der Waals surface area contributed by atoms with Crippen molar-refractivity contribution in [3.63, 3.8) is 0 Å². The normalized spacial score (nSPS) is 10.3. The molecule has 0 radical (unpaired) electrons. The summed E-state index contributed by atoms with van der Waals surface area (Å²) in [5.41, 5.74) is 7.55. The molecule has 0 atom stereocenters. The molecule has 2 N–H and O–H groups in total. The van der Waals surface area contributed by atoms with Crippen molar-refractivity contribution in [2.75, 3.05) is 32.5 Å². The molecule has 0 unspecified atom stereocenters. The molecule has 0 aliphatic carbocycles. The molecule has 1 aromatic rings.